The summed E-state index contributed by atoms with van der Waals surface area (Å²) in [4.78, 5) is 12.1. The molecule has 0 aliphatic carbocycles. The van der Waals surface area contributed by atoms with E-state index >= 15 is 0 Å². The molecule has 0 aliphatic rings. The lowest BCUT2D eigenvalue weighted by Crippen LogP contribution is -2.51. The number of alkyl halides is 2. The first-order chi connectivity index (χ1) is 8.48. The fourth-order valence-electron chi connectivity index (χ4n) is 1.35. The summed E-state index contributed by atoms with van der Waals surface area (Å²) in [5.74, 6) is -0.0505. The minimum atomic E-state index is -0.310. The van der Waals surface area contributed by atoms with Gasteiger partial charge < -0.3 is 10.4 Å². The summed E-state index contributed by atoms with van der Waals surface area (Å²) in [6.45, 7) is 2.02. The molecular weight excluding hydrogens is 477 g/mol. The van der Waals surface area contributed by atoms with Crippen molar-refractivity contribution in [1.82, 2.24) is 5.32 Å². The first kappa shape index (κ1) is 16.2. The van der Waals surface area contributed by atoms with Gasteiger partial charge in [0.2, 0.25) is 0 Å². The molecule has 0 aromatic heterocycles. The van der Waals surface area contributed by atoms with E-state index in [-0.39, 0.29) is 17.2 Å². The van der Waals surface area contributed by atoms with Crippen LogP contribution in [0.2, 0.25) is 0 Å². The highest BCUT2D eigenvalue weighted by Crippen LogP contribution is 2.22. The van der Waals surface area contributed by atoms with Crippen LogP contribution >= 0.6 is 54.5 Å². The Hall–Kier alpha value is 0.180. The number of benzene rings is 1. The van der Waals surface area contributed by atoms with E-state index in [1.54, 1.807) is 12.1 Å². The van der Waals surface area contributed by atoms with E-state index in [0.717, 1.165) is 9.99 Å². The minimum absolute atomic E-state index is 0.128. The fraction of sp³-hybridized carbons (Fsp3) is 0.417. The van der Waals surface area contributed by atoms with E-state index in [9.17, 15) is 9.90 Å². The highest BCUT2D eigenvalue weighted by molar-refractivity contribution is 14.1. The monoisotopic (exact) mass is 489 g/mol. The molecule has 0 saturated heterocycles. The van der Waals surface area contributed by atoms with Crippen LogP contribution in [0, 0.1) is 3.57 Å². The lowest BCUT2D eigenvalue weighted by molar-refractivity contribution is 0.0915. The number of amides is 1. The third-order valence-electron chi connectivity index (χ3n) is 2.78. The summed E-state index contributed by atoms with van der Waals surface area (Å²) >= 11 is 8.87. The Bertz CT molecular complexity index is 428. The van der Waals surface area contributed by atoms with Crippen molar-refractivity contribution >= 4 is 60.4 Å². The molecule has 1 aromatic rings. The maximum Gasteiger partial charge on any atom is 0.251 e. The minimum Gasteiger partial charge on any atom is -0.507 e. The maximum absolute atomic E-state index is 12.1. The number of phenols is 1. The molecule has 0 saturated carbocycles. The summed E-state index contributed by atoms with van der Waals surface area (Å²) in [5.41, 5.74) is 0.156. The lowest BCUT2D eigenvalue weighted by atomic mass is 10.0. The third-order valence-corrected chi connectivity index (χ3v) is 5.83. The van der Waals surface area contributed by atoms with Crippen molar-refractivity contribution in [3.8, 4) is 5.75 Å². The van der Waals surface area contributed by atoms with Gasteiger partial charge >= 0.3 is 0 Å². The highest BCUT2D eigenvalue weighted by Gasteiger charge is 2.28. The van der Waals surface area contributed by atoms with Crippen molar-refractivity contribution in [2.45, 2.75) is 18.9 Å². The summed E-state index contributed by atoms with van der Waals surface area (Å²) < 4.78 is 0.729. The molecule has 3 nitrogen and oxygen atoms in total. The molecule has 0 aliphatic heterocycles. The van der Waals surface area contributed by atoms with Crippen molar-refractivity contribution < 1.29 is 9.90 Å². The van der Waals surface area contributed by atoms with Crippen molar-refractivity contribution in [3.05, 3.63) is 27.3 Å². The standard InChI is InChI=1S/C12H14Br2INO2/c1-2-12(6-13,7-14)16-11(18)8-3-4-9(15)10(17)5-8/h3-5,17H,2,6-7H2,1H3,(H,16,18). The summed E-state index contributed by atoms with van der Waals surface area (Å²) in [6.07, 6.45) is 0.811. The average molecular weight is 491 g/mol. The van der Waals surface area contributed by atoms with Gasteiger partial charge in [0.15, 0.2) is 0 Å². The van der Waals surface area contributed by atoms with E-state index in [0.29, 0.717) is 16.2 Å². The fourth-order valence-corrected chi connectivity index (χ4v) is 3.68. The number of nitrogens with one attached hydrogen (secondary N) is 1. The zero-order chi connectivity index (χ0) is 13.8. The SMILES string of the molecule is CCC(CBr)(CBr)NC(=O)c1ccc(I)c(O)c1. The number of carbonyl (C=O) groups is 1. The van der Waals surface area contributed by atoms with Crippen LogP contribution in [0.15, 0.2) is 18.2 Å². The Morgan fingerprint density at radius 2 is 2.06 bits per heavy atom. The van der Waals surface area contributed by atoms with Gasteiger partial charge in [-0.2, -0.15) is 0 Å². The molecule has 6 heteroatoms. The van der Waals surface area contributed by atoms with Crippen LogP contribution in [-0.4, -0.2) is 27.2 Å². The molecule has 1 rings (SSSR count). The van der Waals surface area contributed by atoms with Crippen LogP contribution in [0.25, 0.3) is 0 Å². The van der Waals surface area contributed by atoms with Crippen LogP contribution in [0.1, 0.15) is 23.7 Å². The van der Waals surface area contributed by atoms with Gasteiger partial charge in [-0.25, -0.2) is 0 Å². The topological polar surface area (TPSA) is 49.3 Å². The Morgan fingerprint density at radius 3 is 2.50 bits per heavy atom. The van der Waals surface area contributed by atoms with Crippen LogP contribution in [0.5, 0.6) is 5.75 Å². The predicted octanol–water partition coefficient (Wildman–Crippen LogP) is 3.67. The van der Waals surface area contributed by atoms with Gasteiger partial charge in [-0.3, -0.25) is 4.79 Å². The number of halogens is 3. The van der Waals surface area contributed by atoms with E-state index in [2.05, 4.69) is 37.2 Å². The molecule has 0 heterocycles. The van der Waals surface area contributed by atoms with Crippen molar-refractivity contribution in [2.24, 2.45) is 0 Å². The Kier molecular flexibility index (Phi) is 6.40. The van der Waals surface area contributed by atoms with Crippen LogP contribution < -0.4 is 5.32 Å². The van der Waals surface area contributed by atoms with Gasteiger partial charge in [0, 0.05) is 16.2 Å². The van der Waals surface area contributed by atoms with Gasteiger partial charge in [0.25, 0.3) is 5.91 Å². The van der Waals surface area contributed by atoms with E-state index in [1.165, 1.54) is 6.07 Å². The Morgan fingerprint density at radius 1 is 1.44 bits per heavy atom. The van der Waals surface area contributed by atoms with Crippen molar-refractivity contribution in [2.75, 3.05) is 10.7 Å². The molecule has 0 fully saturated rings. The summed E-state index contributed by atoms with van der Waals surface area (Å²) in [6, 6.07) is 4.92. The van der Waals surface area contributed by atoms with Crippen LogP contribution in [0.4, 0.5) is 0 Å². The van der Waals surface area contributed by atoms with Crippen LogP contribution in [0.3, 0.4) is 0 Å². The molecule has 18 heavy (non-hydrogen) atoms. The smallest absolute Gasteiger partial charge is 0.251 e. The number of aromatic hydroxyl groups is 1. The first-order valence-electron chi connectivity index (χ1n) is 5.41. The summed E-state index contributed by atoms with van der Waals surface area (Å²) in [5, 5.41) is 14.0. The number of hydrogen-bond donors (Lipinski definition) is 2. The molecule has 100 valence electrons. The normalized spacial score (nSPS) is 11.3. The number of carbonyl (C=O) groups excluding carboxylic acids is 1. The van der Waals surface area contributed by atoms with E-state index < -0.39 is 0 Å². The number of hydrogen-bond acceptors (Lipinski definition) is 2. The molecular formula is C12H14Br2INO2. The van der Waals surface area contributed by atoms with E-state index in [1.807, 2.05) is 29.5 Å². The molecule has 1 aromatic carbocycles. The van der Waals surface area contributed by atoms with Crippen LogP contribution in [-0.2, 0) is 0 Å². The summed E-state index contributed by atoms with van der Waals surface area (Å²) in [7, 11) is 0. The molecule has 0 unspecified atom stereocenters. The van der Waals surface area contributed by atoms with Gasteiger partial charge in [-0.1, -0.05) is 38.8 Å². The highest BCUT2D eigenvalue weighted by atomic mass is 127. The second kappa shape index (κ2) is 7.09. The molecule has 1 amide bonds. The second-order valence-electron chi connectivity index (χ2n) is 4.02. The van der Waals surface area contributed by atoms with Gasteiger partial charge in [0.05, 0.1) is 9.11 Å². The zero-order valence-electron chi connectivity index (χ0n) is 9.84. The van der Waals surface area contributed by atoms with Gasteiger partial charge in [0.1, 0.15) is 5.75 Å². The molecule has 0 spiro atoms. The first-order valence-corrected chi connectivity index (χ1v) is 8.73. The zero-order valence-corrected chi connectivity index (χ0v) is 15.2. The second-order valence-corrected chi connectivity index (χ2v) is 6.31. The molecule has 2 N–H and O–H groups in total. The Labute approximate surface area is 137 Å². The maximum atomic E-state index is 12.1. The van der Waals surface area contributed by atoms with Gasteiger partial charge in [-0.05, 0) is 47.2 Å². The Balaban J connectivity index is 2.90. The molecule has 0 radical (unpaired) electrons. The van der Waals surface area contributed by atoms with Crippen molar-refractivity contribution in [3.63, 3.8) is 0 Å². The lowest BCUT2D eigenvalue weighted by Gasteiger charge is -2.30. The number of phenolic OH excluding ortho intramolecular Hbond substituents is 1. The van der Waals surface area contributed by atoms with E-state index in [4.69, 9.17) is 0 Å². The predicted molar refractivity (Wildman–Crippen MR) is 88.9 cm³/mol. The quantitative estimate of drug-likeness (QED) is 0.489. The molecule has 0 atom stereocenters. The number of rotatable bonds is 5. The largest absolute Gasteiger partial charge is 0.507 e. The van der Waals surface area contributed by atoms with Gasteiger partial charge in [-0.15, -0.1) is 0 Å². The molecule has 0 bridgehead atoms. The average Bonchev–Trinajstić information content (AvgIpc) is 2.39. The third kappa shape index (κ3) is 3.84. The van der Waals surface area contributed by atoms with Crippen molar-refractivity contribution in [1.29, 1.82) is 0 Å².